The van der Waals surface area contributed by atoms with Gasteiger partial charge >= 0.3 is 0 Å². The predicted molar refractivity (Wildman–Crippen MR) is 144 cm³/mol. The van der Waals surface area contributed by atoms with E-state index in [1.807, 2.05) is 13.8 Å². The molecule has 0 saturated heterocycles. The van der Waals surface area contributed by atoms with E-state index in [0.29, 0.717) is 0 Å². The zero-order chi connectivity index (χ0) is 23.8. The number of benzene rings is 4. The Kier molecular flexibility index (Phi) is 6.06. The summed E-state index contributed by atoms with van der Waals surface area (Å²) in [6.45, 7) is 15.4. The molecule has 0 amide bonds. The van der Waals surface area contributed by atoms with Crippen molar-refractivity contribution in [1.29, 1.82) is 0 Å². The lowest BCUT2D eigenvalue weighted by atomic mass is 9.82. The molecule has 0 nitrogen and oxygen atoms in total. The van der Waals surface area contributed by atoms with Crippen LogP contribution in [0.3, 0.4) is 0 Å². The van der Waals surface area contributed by atoms with Crippen molar-refractivity contribution in [2.45, 2.75) is 59.3 Å². The van der Waals surface area contributed by atoms with Gasteiger partial charge in [0.2, 0.25) is 0 Å². The molecule has 0 heteroatoms. The average molecular weight is 433 g/mol. The van der Waals surface area contributed by atoms with Crippen LogP contribution in [0.25, 0.3) is 22.3 Å². The molecule has 0 heterocycles. The largest absolute Gasteiger partial charge is 0.0683 e. The number of hydrogen-bond acceptors (Lipinski definition) is 0. The Labute approximate surface area is 200 Å². The van der Waals surface area contributed by atoms with Gasteiger partial charge in [0.1, 0.15) is 0 Å². The second-order valence-corrected chi connectivity index (χ2v) is 9.88. The van der Waals surface area contributed by atoms with E-state index in [9.17, 15) is 0 Å². The van der Waals surface area contributed by atoms with Crippen LogP contribution in [0.5, 0.6) is 0 Å². The molecule has 6 rings (SSSR count). The Morgan fingerprint density at radius 2 is 0.788 bits per heavy atom. The fourth-order valence-electron chi connectivity index (χ4n) is 5.61. The van der Waals surface area contributed by atoms with Crippen molar-refractivity contribution in [3.05, 3.63) is 119 Å². The highest BCUT2D eigenvalue weighted by atomic mass is 14.4. The summed E-state index contributed by atoms with van der Waals surface area (Å²) in [6, 6.07) is 32.9. The van der Waals surface area contributed by atoms with E-state index in [0.717, 1.165) is 0 Å². The van der Waals surface area contributed by atoms with Crippen LogP contribution in [0.1, 0.15) is 69.4 Å². The lowest BCUT2D eigenvalue weighted by Gasteiger charge is -2.21. The first-order chi connectivity index (χ1) is 15.8. The molecule has 4 aromatic rings. The molecule has 33 heavy (non-hydrogen) atoms. The zero-order valence-electron chi connectivity index (χ0n) is 21.2. The number of rotatable bonds is 0. The van der Waals surface area contributed by atoms with Crippen LogP contribution in [0.2, 0.25) is 0 Å². The molecule has 4 aromatic carbocycles. The second kappa shape index (κ2) is 8.67. The fraction of sp³-hybridized carbons (Fsp3) is 0.273. The Morgan fingerprint density at radius 3 is 1.30 bits per heavy atom. The standard InChI is InChI=1S/C16H16.C15H14.C2H6/c1-11-7-6-10-14-15(11)12-8-4-5-9-13(12)16(14,2)3;1-15(2)13-9-5-3-7-11(13)12-8-4-6-10-14(12)15;1-2/h4-10H,1-3H3;3-10H,1-2H3;1-2H3. The summed E-state index contributed by atoms with van der Waals surface area (Å²) < 4.78 is 0. The summed E-state index contributed by atoms with van der Waals surface area (Å²) in [4.78, 5) is 0. The van der Waals surface area contributed by atoms with E-state index in [1.165, 1.54) is 50.1 Å². The van der Waals surface area contributed by atoms with Gasteiger partial charge in [-0.1, -0.05) is 133 Å². The minimum atomic E-state index is 0.151. The summed E-state index contributed by atoms with van der Waals surface area (Å²) >= 11 is 0. The van der Waals surface area contributed by atoms with E-state index >= 15 is 0 Å². The Bertz CT molecular complexity index is 1240. The summed E-state index contributed by atoms with van der Waals surface area (Å²) in [5.74, 6) is 0. The van der Waals surface area contributed by atoms with Crippen molar-refractivity contribution in [2.24, 2.45) is 0 Å². The van der Waals surface area contributed by atoms with Crippen molar-refractivity contribution in [2.75, 3.05) is 0 Å². The quantitative estimate of drug-likeness (QED) is 0.260. The van der Waals surface area contributed by atoms with Crippen molar-refractivity contribution in [3.8, 4) is 22.3 Å². The molecule has 0 saturated carbocycles. The van der Waals surface area contributed by atoms with Gasteiger partial charge in [0.15, 0.2) is 0 Å². The number of aryl methyl sites for hydroxylation is 1. The Hall–Kier alpha value is -3.12. The van der Waals surface area contributed by atoms with Gasteiger partial charge in [-0.3, -0.25) is 0 Å². The summed E-state index contributed by atoms with van der Waals surface area (Å²) in [5.41, 5.74) is 13.2. The average Bonchev–Trinajstić information content (AvgIpc) is 3.22. The van der Waals surface area contributed by atoms with Crippen LogP contribution in [-0.2, 0) is 10.8 Å². The van der Waals surface area contributed by atoms with Gasteiger partial charge in [-0.25, -0.2) is 0 Å². The topological polar surface area (TPSA) is 0 Å². The normalized spacial score (nSPS) is 15.0. The van der Waals surface area contributed by atoms with Gasteiger partial charge in [-0.15, -0.1) is 0 Å². The predicted octanol–water partition coefficient (Wildman–Crippen LogP) is 9.32. The van der Waals surface area contributed by atoms with Gasteiger partial charge in [-0.2, -0.15) is 0 Å². The third-order valence-corrected chi connectivity index (χ3v) is 7.31. The minimum absolute atomic E-state index is 0.151. The first-order valence-electron chi connectivity index (χ1n) is 12.2. The highest BCUT2D eigenvalue weighted by Gasteiger charge is 2.36. The van der Waals surface area contributed by atoms with E-state index < -0.39 is 0 Å². The van der Waals surface area contributed by atoms with Crippen molar-refractivity contribution >= 4 is 0 Å². The van der Waals surface area contributed by atoms with Crippen LogP contribution >= 0.6 is 0 Å². The smallest absolute Gasteiger partial charge is 0.0158 e. The van der Waals surface area contributed by atoms with E-state index in [1.54, 1.807) is 0 Å². The summed E-state index contributed by atoms with van der Waals surface area (Å²) in [5, 5.41) is 0. The van der Waals surface area contributed by atoms with E-state index in [-0.39, 0.29) is 10.8 Å². The molecule has 0 bridgehead atoms. The van der Waals surface area contributed by atoms with Crippen LogP contribution < -0.4 is 0 Å². The van der Waals surface area contributed by atoms with Crippen LogP contribution in [0, 0.1) is 6.92 Å². The summed E-state index contributed by atoms with van der Waals surface area (Å²) in [7, 11) is 0. The molecular formula is C33H36. The van der Waals surface area contributed by atoms with Gasteiger partial charge in [-0.05, 0) is 57.0 Å². The van der Waals surface area contributed by atoms with Crippen LogP contribution in [-0.4, -0.2) is 0 Å². The van der Waals surface area contributed by atoms with E-state index in [2.05, 4.69) is 126 Å². The number of hydrogen-bond donors (Lipinski definition) is 0. The first-order valence-corrected chi connectivity index (χ1v) is 12.2. The lowest BCUT2D eigenvalue weighted by molar-refractivity contribution is 0.660. The molecule has 0 aromatic heterocycles. The van der Waals surface area contributed by atoms with Gasteiger partial charge in [0.25, 0.3) is 0 Å². The van der Waals surface area contributed by atoms with Crippen molar-refractivity contribution in [1.82, 2.24) is 0 Å². The number of fused-ring (bicyclic) bond motifs is 6. The van der Waals surface area contributed by atoms with Gasteiger partial charge in [0, 0.05) is 10.8 Å². The molecule has 0 radical (unpaired) electrons. The van der Waals surface area contributed by atoms with Crippen molar-refractivity contribution in [3.63, 3.8) is 0 Å². The van der Waals surface area contributed by atoms with Crippen molar-refractivity contribution < 1.29 is 0 Å². The molecule has 168 valence electrons. The third kappa shape index (κ3) is 3.62. The summed E-state index contributed by atoms with van der Waals surface area (Å²) in [6.07, 6.45) is 0. The highest BCUT2D eigenvalue weighted by molar-refractivity contribution is 5.83. The third-order valence-electron chi connectivity index (χ3n) is 7.31. The second-order valence-electron chi connectivity index (χ2n) is 9.88. The zero-order valence-corrected chi connectivity index (χ0v) is 21.2. The Balaban J connectivity index is 0.000000147. The molecule has 0 aliphatic heterocycles. The molecule has 0 N–H and O–H groups in total. The molecular weight excluding hydrogens is 396 g/mol. The highest BCUT2D eigenvalue weighted by Crippen LogP contribution is 2.50. The first kappa shape index (κ1) is 23.1. The molecule has 0 spiro atoms. The molecule has 2 aliphatic rings. The van der Waals surface area contributed by atoms with Crippen LogP contribution in [0.15, 0.2) is 91.0 Å². The maximum atomic E-state index is 2.32. The maximum absolute atomic E-state index is 2.32. The Morgan fingerprint density at radius 1 is 0.424 bits per heavy atom. The molecule has 0 unspecified atom stereocenters. The van der Waals surface area contributed by atoms with Crippen LogP contribution in [0.4, 0.5) is 0 Å². The fourth-order valence-corrected chi connectivity index (χ4v) is 5.61. The van der Waals surface area contributed by atoms with E-state index in [4.69, 9.17) is 0 Å². The maximum Gasteiger partial charge on any atom is 0.0158 e. The molecule has 2 aliphatic carbocycles. The molecule has 0 atom stereocenters. The van der Waals surface area contributed by atoms with Gasteiger partial charge in [0.05, 0.1) is 0 Å². The molecule has 0 fully saturated rings. The SMILES string of the molecule is CC.CC1(C)c2ccccc2-c2ccccc21.Cc1cccc2c1-c1ccccc1C2(C)C. The minimum Gasteiger partial charge on any atom is -0.0683 e. The monoisotopic (exact) mass is 432 g/mol. The van der Waals surface area contributed by atoms with Gasteiger partial charge < -0.3 is 0 Å². The lowest BCUT2D eigenvalue weighted by Crippen LogP contribution is -2.14.